The minimum atomic E-state index is 0.253. The second-order valence-electron chi connectivity index (χ2n) is 6.70. The van der Waals surface area contributed by atoms with Gasteiger partial charge in [-0.15, -0.1) is 0 Å². The monoisotopic (exact) mass is 297 g/mol. The van der Waals surface area contributed by atoms with Crippen LogP contribution in [0.5, 0.6) is 0 Å². The molecule has 1 aromatic heterocycles. The first-order chi connectivity index (χ1) is 9.46. The van der Waals surface area contributed by atoms with E-state index in [1.807, 2.05) is 0 Å². The molecule has 1 saturated carbocycles. The second kappa shape index (κ2) is 6.48. The Bertz CT molecular complexity index is 447. The smallest absolute Gasteiger partial charge is 0.0850 e. The highest BCUT2D eigenvalue weighted by Gasteiger charge is 2.26. The molecular formula is C16H28ClN3. The maximum absolute atomic E-state index is 6.51. The maximum atomic E-state index is 6.51. The van der Waals surface area contributed by atoms with E-state index in [4.69, 9.17) is 11.6 Å². The van der Waals surface area contributed by atoms with Gasteiger partial charge in [0.15, 0.2) is 0 Å². The number of aromatic nitrogens is 2. The van der Waals surface area contributed by atoms with Crippen molar-refractivity contribution in [2.45, 2.75) is 72.4 Å². The zero-order valence-electron chi connectivity index (χ0n) is 13.3. The fourth-order valence-electron chi connectivity index (χ4n) is 2.63. The van der Waals surface area contributed by atoms with Crippen molar-refractivity contribution < 1.29 is 0 Å². The zero-order valence-corrected chi connectivity index (χ0v) is 14.1. The van der Waals surface area contributed by atoms with Gasteiger partial charge in [-0.3, -0.25) is 4.68 Å². The molecule has 3 nitrogen and oxygen atoms in total. The predicted molar refractivity (Wildman–Crippen MR) is 85.4 cm³/mol. The largest absolute Gasteiger partial charge is 0.314 e. The standard InChI is InChI=1S/C16H28ClN3/c1-5-13-15(17)14(20(6-2)19-13)11-16(3,4)9-10-18-12-7-8-12/h12,18H,5-11H2,1-4H3. The van der Waals surface area contributed by atoms with Gasteiger partial charge in [-0.05, 0) is 51.0 Å². The third-order valence-corrected chi connectivity index (χ3v) is 4.59. The van der Waals surface area contributed by atoms with Crippen LogP contribution in [0.1, 0.15) is 58.3 Å². The summed E-state index contributed by atoms with van der Waals surface area (Å²) in [6, 6.07) is 0.794. The number of halogens is 1. The normalized spacial score (nSPS) is 15.8. The number of hydrogen-bond acceptors (Lipinski definition) is 2. The quantitative estimate of drug-likeness (QED) is 0.790. The van der Waals surface area contributed by atoms with Gasteiger partial charge in [-0.1, -0.05) is 32.4 Å². The number of hydrogen-bond donors (Lipinski definition) is 1. The molecule has 0 atom stereocenters. The van der Waals surface area contributed by atoms with Crippen molar-refractivity contribution in [1.29, 1.82) is 0 Å². The summed E-state index contributed by atoms with van der Waals surface area (Å²) in [4.78, 5) is 0. The van der Waals surface area contributed by atoms with Crippen LogP contribution in [0.15, 0.2) is 0 Å². The van der Waals surface area contributed by atoms with Gasteiger partial charge in [0.1, 0.15) is 0 Å². The van der Waals surface area contributed by atoms with Gasteiger partial charge in [0.2, 0.25) is 0 Å². The van der Waals surface area contributed by atoms with E-state index in [-0.39, 0.29) is 5.41 Å². The summed E-state index contributed by atoms with van der Waals surface area (Å²) in [7, 11) is 0. The van der Waals surface area contributed by atoms with Crippen LogP contribution in [0.25, 0.3) is 0 Å². The summed E-state index contributed by atoms with van der Waals surface area (Å²) in [5.74, 6) is 0. The molecule has 114 valence electrons. The Labute approximate surface area is 128 Å². The van der Waals surface area contributed by atoms with Crippen LogP contribution in [0.3, 0.4) is 0 Å². The zero-order chi connectivity index (χ0) is 14.8. The average Bonchev–Trinajstić information content (AvgIpc) is 3.16. The van der Waals surface area contributed by atoms with Crippen molar-refractivity contribution in [1.82, 2.24) is 15.1 Å². The lowest BCUT2D eigenvalue weighted by atomic mass is 9.84. The molecule has 0 bridgehead atoms. The van der Waals surface area contributed by atoms with Gasteiger partial charge >= 0.3 is 0 Å². The van der Waals surface area contributed by atoms with Gasteiger partial charge in [-0.2, -0.15) is 5.10 Å². The Morgan fingerprint density at radius 3 is 2.60 bits per heavy atom. The van der Waals surface area contributed by atoms with Crippen molar-refractivity contribution in [3.8, 4) is 0 Å². The molecule has 1 aliphatic carbocycles. The van der Waals surface area contributed by atoms with Crippen LogP contribution in [-0.2, 0) is 19.4 Å². The SMILES string of the molecule is CCc1nn(CC)c(CC(C)(C)CCNC2CC2)c1Cl. The van der Waals surface area contributed by atoms with Crippen LogP contribution in [0.2, 0.25) is 5.02 Å². The molecule has 0 spiro atoms. The molecule has 1 N–H and O–H groups in total. The first-order valence-electron chi connectivity index (χ1n) is 7.94. The van der Waals surface area contributed by atoms with E-state index in [2.05, 4.69) is 42.8 Å². The Morgan fingerprint density at radius 1 is 1.35 bits per heavy atom. The van der Waals surface area contributed by atoms with Crippen molar-refractivity contribution in [3.63, 3.8) is 0 Å². The highest BCUT2D eigenvalue weighted by molar-refractivity contribution is 6.31. The van der Waals surface area contributed by atoms with E-state index in [1.54, 1.807) is 0 Å². The first-order valence-corrected chi connectivity index (χ1v) is 8.32. The molecule has 2 rings (SSSR count). The van der Waals surface area contributed by atoms with E-state index in [1.165, 1.54) is 25.0 Å². The summed E-state index contributed by atoms with van der Waals surface area (Å²) in [6.45, 7) is 10.9. The molecule has 4 heteroatoms. The lowest BCUT2D eigenvalue weighted by Crippen LogP contribution is -2.26. The fraction of sp³-hybridized carbons (Fsp3) is 0.812. The average molecular weight is 298 g/mol. The molecule has 20 heavy (non-hydrogen) atoms. The van der Waals surface area contributed by atoms with Gasteiger partial charge < -0.3 is 5.32 Å². The summed E-state index contributed by atoms with van der Waals surface area (Å²) in [6.07, 6.45) is 5.79. The van der Waals surface area contributed by atoms with Crippen LogP contribution in [-0.4, -0.2) is 22.4 Å². The van der Waals surface area contributed by atoms with Crippen LogP contribution in [0, 0.1) is 5.41 Å². The van der Waals surface area contributed by atoms with Gasteiger partial charge in [0.25, 0.3) is 0 Å². The molecule has 0 aliphatic heterocycles. The molecule has 1 aromatic rings. The van der Waals surface area contributed by atoms with Crippen LogP contribution >= 0.6 is 11.6 Å². The summed E-state index contributed by atoms with van der Waals surface area (Å²) in [5, 5.41) is 9.11. The van der Waals surface area contributed by atoms with Gasteiger partial charge in [0, 0.05) is 12.6 Å². The molecule has 1 aliphatic rings. The Morgan fingerprint density at radius 2 is 2.05 bits per heavy atom. The molecule has 0 saturated heterocycles. The summed E-state index contributed by atoms with van der Waals surface area (Å²) < 4.78 is 2.08. The minimum Gasteiger partial charge on any atom is -0.314 e. The van der Waals surface area contributed by atoms with E-state index in [9.17, 15) is 0 Å². The Hall–Kier alpha value is -0.540. The topological polar surface area (TPSA) is 29.9 Å². The molecule has 0 radical (unpaired) electrons. The Balaban J connectivity index is 2.00. The van der Waals surface area contributed by atoms with E-state index >= 15 is 0 Å². The fourth-order valence-corrected chi connectivity index (χ4v) is 2.97. The molecule has 1 heterocycles. The highest BCUT2D eigenvalue weighted by Crippen LogP contribution is 2.31. The predicted octanol–water partition coefficient (Wildman–Crippen LogP) is 3.83. The number of nitrogens with zero attached hydrogens (tertiary/aromatic N) is 2. The van der Waals surface area contributed by atoms with Crippen LogP contribution in [0.4, 0.5) is 0 Å². The highest BCUT2D eigenvalue weighted by atomic mass is 35.5. The molecular weight excluding hydrogens is 270 g/mol. The third-order valence-electron chi connectivity index (χ3n) is 4.15. The lowest BCUT2D eigenvalue weighted by molar-refractivity contribution is 0.315. The van der Waals surface area contributed by atoms with Crippen molar-refractivity contribution >= 4 is 11.6 Å². The molecule has 0 aromatic carbocycles. The summed E-state index contributed by atoms with van der Waals surface area (Å²) in [5.41, 5.74) is 2.50. The second-order valence-corrected chi connectivity index (χ2v) is 7.07. The van der Waals surface area contributed by atoms with E-state index < -0.39 is 0 Å². The summed E-state index contributed by atoms with van der Waals surface area (Å²) >= 11 is 6.51. The molecule has 0 amide bonds. The number of rotatable bonds is 8. The number of aryl methyl sites for hydroxylation is 2. The minimum absolute atomic E-state index is 0.253. The van der Waals surface area contributed by atoms with E-state index in [0.717, 1.165) is 42.7 Å². The van der Waals surface area contributed by atoms with Gasteiger partial charge in [-0.25, -0.2) is 0 Å². The molecule has 0 unspecified atom stereocenters. The third kappa shape index (κ3) is 3.98. The lowest BCUT2D eigenvalue weighted by Gasteiger charge is -2.25. The van der Waals surface area contributed by atoms with Gasteiger partial charge in [0.05, 0.1) is 16.4 Å². The van der Waals surface area contributed by atoms with E-state index in [0.29, 0.717) is 0 Å². The number of nitrogens with one attached hydrogen (secondary N) is 1. The van der Waals surface area contributed by atoms with Crippen molar-refractivity contribution in [2.75, 3.05) is 6.54 Å². The van der Waals surface area contributed by atoms with Crippen molar-refractivity contribution in [3.05, 3.63) is 16.4 Å². The maximum Gasteiger partial charge on any atom is 0.0850 e. The van der Waals surface area contributed by atoms with Crippen LogP contribution < -0.4 is 5.32 Å². The Kier molecular flexibility index (Phi) is 5.14. The van der Waals surface area contributed by atoms with Crippen molar-refractivity contribution in [2.24, 2.45) is 5.41 Å². The molecule has 1 fully saturated rings. The first kappa shape index (κ1) is 15.8.